The van der Waals surface area contributed by atoms with Crippen LogP contribution in [0, 0.1) is 0 Å². The van der Waals surface area contributed by atoms with Gasteiger partial charge in [0.15, 0.2) is 9.66 Å². The maximum atomic E-state index is 4.93. The first kappa shape index (κ1) is 20.9. The summed E-state index contributed by atoms with van der Waals surface area (Å²) in [4.78, 5) is 22.6. The number of thiophene rings is 4. The van der Waals surface area contributed by atoms with Crippen molar-refractivity contribution < 1.29 is 0 Å². The number of hydrogen-bond acceptors (Lipinski definition) is 8. The molecule has 32 heavy (non-hydrogen) atoms. The Morgan fingerprint density at radius 3 is 1.25 bits per heavy atom. The Bertz CT molecular complexity index is 1380. The Kier molecular flexibility index (Phi) is 5.61. The Balaban J connectivity index is 1.26. The third-order valence-corrected chi connectivity index (χ3v) is 12.5. The van der Waals surface area contributed by atoms with Gasteiger partial charge in [0, 0.05) is 29.3 Å². The van der Waals surface area contributed by atoms with Crippen LogP contribution in [0.5, 0.6) is 0 Å². The van der Waals surface area contributed by atoms with Crippen LogP contribution in [0.4, 0.5) is 0 Å². The summed E-state index contributed by atoms with van der Waals surface area (Å²) in [5, 5.41) is 2.15. The molecule has 0 saturated heterocycles. The van der Waals surface area contributed by atoms with Crippen molar-refractivity contribution >= 4 is 77.7 Å². The molecule has 6 rings (SSSR count). The van der Waals surface area contributed by atoms with Crippen LogP contribution in [0.1, 0.15) is 23.6 Å². The molecule has 2 nitrogen and oxygen atoms in total. The second kappa shape index (κ2) is 8.59. The number of hydrogen-bond donors (Lipinski definition) is 0. The summed E-state index contributed by atoms with van der Waals surface area (Å²) >= 11 is 10.8. The van der Waals surface area contributed by atoms with Gasteiger partial charge in [-0.1, -0.05) is 36.5 Å². The van der Waals surface area contributed by atoms with Gasteiger partial charge in [-0.2, -0.15) is 0 Å². The van der Waals surface area contributed by atoms with Gasteiger partial charge in [0.1, 0.15) is 10.0 Å². The van der Waals surface area contributed by atoms with Gasteiger partial charge < -0.3 is 0 Å². The highest BCUT2D eigenvalue weighted by Crippen LogP contribution is 2.44. The van der Waals surface area contributed by atoms with E-state index in [9.17, 15) is 0 Å². The topological polar surface area (TPSA) is 25.8 Å². The molecule has 160 valence electrons. The molecule has 0 N–H and O–H groups in total. The van der Waals surface area contributed by atoms with E-state index in [2.05, 4.69) is 62.4 Å². The second-order valence-electron chi connectivity index (χ2n) is 7.22. The van der Waals surface area contributed by atoms with Gasteiger partial charge >= 0.3 is 0 Å². The fourth-order valence-corrected chi connectivity index (χ4v) is 9.66. The highest BCUT2D eigenvalue weighted by atomic mass is 32.1. The molecule has 0 fully saturated rings. The summed E-state index contributed by atoms with van der Waals surface area (Å²) in [5.41, 5.74) is 0. The van der Waals surface area contributed by atoms with Crippen molar-refractivity contribution in [2.75, 3.05) is 0 Å². The molecule has 6 aromatic heterocycles. The van der Waals surface area contributed by atoms with E-state index < -0.39 is 0 Å². The van der Waals surface area contributed by atoms with Gasteiger partial charge in [0.25, 0.3) is 0 Å². The summed E-state index contributed by atoms with van der Waals surface area (Å²) in [6, 6.07) is 17.8. The van der Waals surface area contributed by atoms with E-state index in [1.807, 2.05) is 45.3 Å². The quantitative estimate of drug-likeness (QED) is 0.216. The number of nitrogens with zero attached hydrogens (tertiary/aromatic N) is 2. The van der Waals surface area contributed by atoms with Gasteiger partial charge in [-0.05, 0) is 61.4 Å². The minimum Gasteiger partial charge on any atom is -0.222 e. The minimum absolute atomic E-state index is 1.04. The molecule has 0 radical (unpaired) electrons. The molecule has 0 unspecified atom stereocenters. The second-order valence-corrected chi connectivity index (χ2v) is 13.7. The predicted octanol–water partition coefficient (Wildman–Crippen LogP) is 9.79. The number of rotatable bonds is 6. The van der Waals surface area contributed by atoms with Crippen molar-refractivity contribution in [3.8, 4) is 39.3 Å². The Hall–Kier alpha value is -1.68. The molecule has 6 aromatic rings. The maximum Gasteiger partial charge on any atom is 0.155 e. The van der Waals surface area contributed by atoms with E-state index in [1.54, 1.807) is 22.7 Å². The highest BCUT2D eigenvalue weighted by Gasteiger charge is 2.17. The van der Waals surface area contributed by atoms with Gasteiger partial charge in [-0.25, -0.2) is 9.97 Å². The van der Waals surface area contributed by atoms with Crippen LogP contribution in [0.15, 0.2) is 48.5 Å². The lowest BCUT2D eigenvalue weighted by atomic mass is 10.3. The third-order valence-electron chi connectivity index (χ3n) is 5.12. The Morgan fingerprint density at radius 2 is 0.844 bits per heavy atom. The molecule has 0 saturated carbocycles. The predicted molar refractivity (Wildman–Crippen MR) is 147 cm³/mol. The van der Waals surface area contributed by atoms with Crippen LogP contribution in [-0.4, -0.2) is 9.97 Å². The van der Waals surface area contributed by atoms with E-state index >= 15 is 0 Å². The van der Waals surface area contributed by atoms with Crippen LogP contribution in [0.3, 0.4) is 0 Å². The maximum absolute atomic E-state index is 4.93. The standard InChI is InChI=1S/C24H18N2S6/c1-3-13-5-7-15(27-13)17-9-11-19(29-17)21-25-23-24(31-21)26-22(32-23)20-12-10-18(30-20)16-8-6-14(4-2)28-16/h5-12H,3-4H2,1-2H3. The largest absolute Gasteiger partial charge is 0.222 e. The summed E-state index contributed by atoms with van der Waals surface area (Å²) in [7, 11) is 0. The lowest BCUT2D eigenvalue weighted by molar-refractivity contribution is 1.19. The molecular weight excluding hydrogens is 509 g/mol. The first-order valence-corrected chi connectivity index (χ1v) is 15.3. The fraction of sp³-hybridized carbons (Fsp3) is 0.167. The van der Waals surface area contributed by atoms with Crippen molar-refractivity contribution in [2.24, 2.45) is 0 Å². The molecule has 0 aliphatic heterocycles. The van der Waals surface area contributed by atoms with Crippen molar-refractivity contribution in [3.63, 3.8) is 0 Å². The van der Waals surface area contributed by atoms with Crippen LogP contribution >= 0.6 is 68.0 Å². The zero-order chi connectivity index (χ0) is 21.7. The number of fused-ring (bicyclic) bond motifs is 1. The molecule has 0 aliphatic rings. The SMILES string of the molecule is CCc1ccc(-c2ccc(-c3nc4sc(-c5ccc(-c6ccc(CC)s6)s5)nc4s3)s2)s1. The molecule has 0 aliphatic carbocycles. The lowest BCUT2D eigenvalue weighted by Crippen LogP contribution is -1.67. The molecule has 0 aromatic carbocycles. The first-order valence-electron chi connectivity index (χ1n) is 10.4. The van der Waals surface area contributed by atoms with Crippen molar-refractivity contribution in [1.29, 1.82) is 0 Å². The zero-order valence-electron chi connectivity index (χ0n) is 17.4. The molecule has 0 bridgehead atoms. The summed E-state index contributed by atoms with van der Waals surface area (Å²) in [6.07, 6.45) is 2.19. The monoisotopic (exact) mass is 526 g/mol. The van der Waals surface area contributed by atoms with E-state index in [4.69, 9.17) is 9.97 Å². The zero-order valence-corrected chi connectivity index (χ0v) is 22.3. The molecule has 0 atom stereocenters. The van der Waals surface area contributed by atoms with Crippen LogP contribution in [-0.2, 0) is 12.8 Å². The minimum atomic E-state index is 1.04. The lowest BCUT2D eigenvalue weighted by Gasteiger charge is -1.91. The number of thiazole rings is 2. The smallest absolute Gasteiger partial charge is 0.155 e. The van der Waals surface area contributed by atoms with Gasteiger partial charge in [-0.3, -0.25) is 0 Å². The Morgan fingerprint density at radius 1 is 0.469 bits per heavy atom. The van der Waals surface area contributed by atoms with Gasteiger partial charge in [-0.15, -0.1) is 45.3 Å². The molecular formula is C24H18N2S6. The third kappa shape index (κ3) is 3.83. The average molecular weight is 527 g/mol. The molecule has 6 heterocycles. The summed E-state index contributed by atoms with van der Waals surface area (Å²) in [5.74, 6) is 0. The van der Waals surface area contributed by atoms with Crippen LogP contribution in [0.25, 0.3) is 48.9 Å². The number of aromatic nitrogens is 2. The van der Waals surface area contributed by atoms with Crippen LogP contribution in [0.2, 0.25) is 0 Å². The van der Waals surface area contributed by atoms with Crippen LogP contribution < -0.4 is 0 Å². The number of aryl methyl sites for hydroxylation is 2. The normalized spacial score (nSPS) is 11.7. The van der Waals surface area contributed by atoms with E-state index in [0.29, 0.717) is 0 Å². The molecule has 0 spiro atoms. The van der Waals surface area contributed by atoms with Crippen molar-refractivity contribution in [3.05, 3.63) is 58.3 Å². The van der Waals surface area contributed by atoms with E-state index in [0.717, 1.165) is 32.5 Å². The molecule has 8 heteroatoms. The Labute approximate surface area is 210 Å². The van der Waals surface area contributed by atoms with Gasteiger partial charge in [0.05, 0.1) is 9.75 Å². The molecule has 0 amide bonds. The van der Waals surface area contributed by atoms with E-state index in [-0.39, 0.29) is 0 Å². The average Bonchev–Trinajstić information content (AvgIpc) is 3.62. The van der Waals surface area contributed by atoms with Crippen molar-refractivity contribution in [2.45, 2.75) is 26.7 Å². The first-order chi connectivity index (χ1) is 15.7. The summed E-state index contributed by atoms with van der Waals surface area (Å²) < 4.78 is 0. The van der Waals surface area contributed by atoms with E-state index in [1.165, 1.54) is 39.0 Å². The fourth-order valence-electron chi connectivity index (χ4n) is 3.42. The summed E-state index contributed by atoms with van der Waals surface area (Å²) in [6.45, 7) is 4.42. The highest BCUT2D eigenvalue weighted by molar-refractivity contribution is 7.33. The van der Waals surface area contributed by atoms with Crippen molar-refractivity contribution in [1.82, 2.24) is 9.97 Å². The van der Waals surface area contributed by atoms with Gasteiger partial charge in [0.2, 0.25) is 0 Å².